The highest BCUT2D eigenvalue weighted by Gasteiger charge is 2.33. The maximum absolute atomic E-state index is 13.3. The average Bonchev–Trinajstić information content (AvgIpc) is 3.15. The van der Waals surface area contributed by atoms with Crippen molar-refractivity contribution < 1.29 is 26.3 Å². The van der Waals surface area contributed by atoms with Gasteiger partial charge in [-0.05, 0) is 30.0 Å². The smallest absolute Gasteiger partial charge is 0.340 e. The second-order valence-corrected chi connectivity index (χ2v) is 8.23. The van der Waals surface area contributed by atoms with E-state index in [0.717, 1.165) is 24.4 Å². The first-order chi connectivity index (χ1) is 14.4. The van der Waals surface area contributed by atoms with Gasteiger partial charge in [0.1, 0.15) is 5.52 Å². The van der Waals surface area contributed by atoms with Crippen molar-refractivity contribution in [2.45, 2.75) is 24.2 Å². The number of benzene rings is 1. The lowest BCUT2D eigenvalue weighted by Gasteiger charge is -2.07. The number of halogens is 6. The Morgan fingerprint density at radius 2 is 1.61 bits per heavy atom. The van der Waals surface area contributed by atoms with Crippen LogP contribution < -0.4 is 0 Å². The summed E-state index contributed by atoms with van der Waals surface area (Å²) in [5.74, 6) is 0.910. The number of nitrogens with zero attached hydrogens (tertiary/aromatic N) is 4. The summed E-state index contributed by atoms with van der Waals surface area (Å²) in [5.41, 5.74) is -0.292. The molecule has 0 saturated carbocycles. The van der Waals surface area contributed by atoms with E-state index in [4.69, 9.17) is 0 Å². The monoisotopic (exact) mass is 458 g/mol. The predicted octanol–water partition coefficient (Wildman–Crippen LogP) is 6.28. The lowest BCUT2D eigenvalue weighted by molar-refractivity contribution is -0.138. The fraction of sp³-hybridized carbons (Fsp3) is 0.300. The van der Waals surface area contributed by atoms with Crippen LogP contribution in [0.3, 0.4) is 0 Å². The molecule has 0 aliphatic carbocycles. The van der Waals surface area contributed by atoms with Crippen molar-refractivity contribution in [3.05, 3.63) is 41.6 Å². The molecule has 31 heavy (non-hydrogen) atoms. The number of aromatic nitrogens is 4. The number of hydrogen-bond acceptors (Lipinski definition) is 3. The van der Waals surface area contributed by atoms with Gasteiger partial charge >= 0.3 is 12.4 Å². The van der Waals surface area contributed by atoms with Gasteiger partial charge in [-0.25, -0.2) is 9.97 Å². The van der Waals surface area contributed by atoms with Crippen LogP contribution in [0.5, 0.6) is 0 Å². The molecule has 4 rings (SSSR count). The van der Waals surface area contributed by atoms with Crippen LogP contribution in [0.25, 0.3) is 33.6 Å². The molecule has 0 radical (unpaired) electrons. The SMILES string of the molecule is CCSc1c(-c2nc3cc(C(F)(F)F)cnc3n2C)n(C)c2ccc(C(F)(F)F)cc12. The first-order valence-corrected chi connectivity index (χ1v) is 10.1. The highest BCUT2D eigenvalue weighted by molar-refractivity contribution is 7.99. The summed E-state index contributed by atoms with van der Waals surface area (Å²) in [6, 6.07) is 4.42. The van der Waals surface area contributed by atoms with E-state index >= 15 is 0 Å². The van der Waals surface area contributed by atoms with Crippen molar-refractivity contribution in [3.8, 4) is 11.5 Å². The van der Waals surface area contributed by atoms with E-state index in [1.807, 2.05) is 6.92 Å². The predicted molar refractivity (Wildman–Crippen MR) is 107 cm³/mol. The Hall–Kier alpha value is -2.69. The third kappa shape index (κ3) is 3.54. The molecule has 164 valence electrons. The minimum absolute atomic E-state index is 0.0565. The molecule has 0 aliphatic rings. The molecule has 0 saturated heterocycles. The van der Waals surface area contributed by atoms with Crippen LogP contribution in [0, 0.1) is 0 Å². The Morgan fingerprint density at radius 1 is 0.935 bits per heavy atom. The normalized spacial score (nSPS) is 12.9. The summed E-state index contributed by atoms with van der Waals surface area (Å²) in [5, 5.41) is 0.412. The Balaban J connectivity index is 2.01. The summed E-state index contributed by atoms with van der Waals surface area (Å²) in [6.45, 7) is 1.87. The molecule has 0 N–H and O–H groups in total. The second-order valence-electron chi connectivity index (χ2n) is 6.96. The molecule has 3 heterocycles. The van der Waals surface area contributed by atoms with Gasteiger partial charge in [-0.15, -0.1) is 11.8 Å². The molecule has 0 spiro atoms. The molecule has 11 heteroatoms. The van der Waals surface area contributed by atoms with Crippen LogP contribution in [0.2, 0.25) is 0 Å². The quantitative estimate of drug-likeness (QED) is 0.268. The molecule has 3 aromatic heterocycles. The zero-order chi connectivity index (χ0) is 22.7. The summed E-state index contributed by atoms with van der Waals surface area (Å²) in [7, 11) is 3.31. The molecule has 0 bridgehead atoms. The fourth-order valence-corrected chi connectivity index (χ4v) is 4.54. The van der Waals surface area contributed by atoms with Crippen molar-refractivity contribution in [3.63, 3.8) is 0 Å². The minimum Gasteiger partial charge on any atom is -0.340 e. The van der Waals surface area contributed by atoms with Gasteiger partial charge in [0.05, 0.1) is 16.8 Å². The first-order valence-electron chi connectivity index (χ1n) is 9.16. The molecule has 4 nitrogen and oxygen atoms in total. The van der Waals surface area contributed by atoms with E-state index in [2.05, 4.69) is 9.97 Å². The minimum atomic E-state index is -4.56. The van der Waals surface area contributed by atoms with E-state index < -0.39 is 23.5 Å². The van der Waals surface area contributed by atoms with Gasteiger partial charge in [-0.1, -0.05) is 6.92 Å². The van der Waals surface area contributed by atoms with Crippen molar-refractivity contribution in [1.82, 2.24) is 19.1 Å². The topological polar surface area (TPSA) is 35.6 Å². The van der Waals surface area contributed by atoms with E-state index in [-0.39, 0.29) is 11.2 Å². The molecular weight excluding hydrogens is 442 g/mol. The average molecular weight is 458 g/mol. The van der Waals surface area contributed by atoms with Crippen molar-refractivity contribution in [2.24, 2.45) is 14.1 Å². The van der Waals surface area contributed by atoms with Gasteiger partial charge in [0.25, 0.3) is 0 Å². The van der Waals surface area contributed by atoms with Crippen LogP contribution in [-0.2, 0) is 26.4 Å². The van der Waals surface area contributed by atoms with Crippen LogP contribution >= 0.6 is 11.8 Å². The van der Waals surface area contributed by atoms with E-state index in [1.165, 1.54) is 17.8 Å². The van der Waals surface area contributed by atoms with Crippen LogP contribution in [0.4, 0.5) is 26.3 Å². The number of alkyl halides is 6. The van der Waals surface area contributed by atoms with Gasteiger partial charge < -0.3 is 9.13 Å². The summed E-state index contributed by atoms with van der Waals surface area (Å²) < 4.78 is 82.3. The van der Waals surface area contributed by atoms with Gasteiger partial charge in [-0.2, -0.15) is 26.3 Å². The summed E-state index contributed by atoms with van der Waals surface area (Å²) in [6.07, 6.45) is -8.31. The van der Waals surface area contributed by atoms with E-state index in [9.17, 15) is 26.3 Å². The lowest BCUT2D eigenvalue weighted by Crippen LogP contribution is -2.05. The van der Waals surface area contributed by atoms with Crippen LogP contribution in [-0.4, -0.2) is 24.9 Å². The second kappa shape index (κ2) is 7.18. The Bertz CT molecular complexity index is 1300. The molecular formula is C20H16F6N4S. The summed E-state index contributed by atoms with van der Waals surface area (Å²) >= 11 is 1.35. The Morgan fingerprint density at radius 3 is 2.23 bits per heavy atom. The fourth-order valence-electron chi connectivity index (χ4n) is 3.57. The third-order valence-corrected chi connectivity index (χ3v) is 6.01. The molecule has 1 aromatic carbocycles. The standard InChI is InChI=1S/C20H16F6N4S/c1-4-31-16-12-7-10(19(21,22)23)5-6-14(12)29(2)15(16)18-28-13-8-11(20(24,25)26)9-27-17(13)30(18)3/h5-9H,4H2,1-3H3. The molecule has 0 atom stereocenters. The molecule has 4 aromatic rings. The Labute approximate surface area is 176 Å². The Kier molecular flexibility index (Phi) is 4.99. The number of rotatable bonds is 3. The highest BCUT2D eigenvalue weighted by atomic mass is 32.2. The van der Waals surface area contributed by atoms with Crippen molar-refractivity contribution in [1.29, 1.82) is 0 Å². The first kappa shape index (κ1) is 21.5. The number of fused-ring (bicyclic) bond motifs is 2. The number of imidazole rings is 1. The van der Waals surface area contributed by atoms with E-state index in [0.29, 0.717) is 33.1 Å². The van der Waals surface area contributed by atoms with Gasteiger partial charge in [-0.3, -0.25) is 0 Å². The number of pyridine rings is 1. The van der Waals surface area contributed by atoms with Crippen LogP contribution in [0.15, 0.2) is 35.4 Å². The van der Waals surface area contributed by atoms with Crippen LogP contribution in [0.1, 0.15) is 18.1 Å². The maximum Gasteiger partial charge on any atom is 0.417 e. The number of aryl methyl sites for hydroxylation is 2. The number of thioether (sulfide) groups is 1. The maximum atomic E-state index is 13.3. The highest BCUT2D eigenvalue weighted by Crippen LogP contribution is 2.42. The largest absolute Gasteiger partial charge is 0.417 e. The van der Waals surface area contributed by atoms with Gasteiger partial charge in [0.15, 0.2) is 11.5 Å². The zero-order valence-electron chi connectivity index (χ0n) is 16.6. The van der Waals surface area contributed by atoms with Crippen molar-refractivity contribution >= 4 is 33.8 Å². The third-order valence-electron chi connectivity index (χ3n) is 5.02. The van der Waals surface area contributed by atoms with Gasteiger partial charge in [0, 0.05) is 36.1 Å². The molecule has 0 aliphatic heterocycles. The van der Waals surface area contributed by atoms with E-state index in [1.54, 1.807) is 23.2 Å². The molecule has 0 fully saturated rings. The summed E-state index contributed by atoms with van der Waals surface area (Å²) in [4.78, 5) is 8.87. The van der Waals surface area contributed by atoms with Crippen molar-refractivity contribution in [2.75, 3.05) is 5.75 Å². The number of hydrogen-bond donors (Lipinski definition) is 0. The van der Waals surface area contributed by atoms with Gasteiger partial charge in [0.2, 0.25) is 0 Å². The molecule has 0 unspecified atom stereocenters. The zero-order valence-corrected chi connectivity index (χ0v) is 17.4. The molecule has 0 amide bonds. The lowest BCUT2D eigenvalue weighted by atomic mass is 10.1.